The fraction of sp³-hybridized carbons (Fsp3) is 0.444. The predicted molar refractivity (Wildman–Crippen MR) is 57.5 cm³/mol. The van der Waals surface area contributed by atoms with Gasteiger partial charge in [-0.15, -0.1) is 0 Å². The number of halogens is 1. The molecule has 5 heteroatoms. The number of rotatable bonds is 1. The van der Waals surface area contributed by atoms with Gasteiger partial charge < -0.3 is 4.74 Å². The van der Waals surface area contributed by atoms with Crippen LogP contribution in [0.5, 0.6) is 0 Å². The molecule has 0 N–H and O–H groups in total. The van der Waals surface area contributed by atoms with E-state index in [1.54, 1.807) is 6.20 Å². The maximum Gasteiger partial charge on any atom is 0.126 e. The van der Waals surface area contributed by atoms with Crippen LogP contribution in [-0.4, -0.2) is 23.2 Å². The van der Waals surface area contributed by atoms with Crippen LogP contribution in [0, 0.1) is 14.9 Å². The van der Waals surface area contributed by atoms with Crippen molar-refractivity contribution in [3.8, 4) is 6.07 Å². The Morgan fingerprint density at radius 3 is 3.07 bits per heavy atom. The van der Waals surface area contributed by atoms with E-state index >= 15 is 0 Å². The third-order valence-corrected chi connectivity index (χ3v) is 3.15. The van der Waals surface area contributed by atoms with Crippen LogP contribution in [-0.2, 0) is 10.2 Å². The fourth-order valence-corrected chi connectivity index (χ4v) is 2.37. The van der Waals surface area contributed by atoms with Gasteiger partial charge in [0.1, 0.15) is 11.7 Å². The highest BCUT2D eigenvalue weighted by Crippen LogP contribution is 2.33. The van der Waals surface area contributed by atoms with E-state index < -0.39 is 5.41 Å². The fourth-order valence-electron chi connectivity index (χ4n) is 1.56. The Kier molecular flexibility index (Phi) is 2.65. The minimum atomic E-state index is -0.556. The standard InChI is InChI=1S/C9H8IN3O/c10-7-3-12-6-13-8(7)9(4-11)1-2-14-5-9/h3,6H,1-2,5H2. The first-order chi connectivity index (χ1) is 6.78. The molecule has 0 amide bonds. The summed E-state index contributed by atoms with van der Waals surface area (Å²) in [4.78, 5) is 8.10. The molecule has 0 aromatic carbocycles. The molecule has 72 valence electrons. The lowest BCUT2D eigenvalue weighted by molar-refractivity contribution is 0.185. The topological polar surface area (TPSA) is 58.8 Å². The van der Waals surface area contributed by atoms with E-state index in [0.717, 1.165) is 15.7 Å². The maximum atomic E-state index is 9.20. The average molecular weight is 301 g/mol. The van der Waals surface area contributed by atoms with Crippen molar-refractivity contribution in [3.05, 3.63) is 21.8 Å². The van der Waals surface area contributed by atoms with Gasteiger partial charge in [-0.2, -0.15) is 5.26 Å². The molecule has 4 nitrogen and oxygen atoms in total. The first kappa shape index (κ1) is 9.80. The van der Waals surface area contributed by atoms with Gasteiger partial charge in [0, 0.05) is 12.8 Å². The van der Waals surface area contributed by atoms with E-state index in [1.165, 1.54) is 6.33 Å². The molecule has 1 aromatic rings. The van der Waals surface area contributed by atoms with E-state index in [1.807, 2.05) is 0 Å². The zero-order chi connectivity index (χ0) is 10.0. The summed E-state index contributed by atoms with van der Waals surface area (Å²) in [6.07, 6.45) is 3.92. The van der Waals surface area contributed by atoms with Crippen molar-refractivity contribution in [2.24, 2.45) is 0 Å². The number of nitriles is 1. The van der Waals surface area contributed by atoms with E-state index in [2.05, 4.69) is 38.6 Å². The second-order valence-corrected chi connectivity index (χ2v) is 4.38. The third kappa shape index (κ3) is 1.48. The average Bonchev–Trinajstić information content (AvgIpc) is 2.68. The first-order valence-electron chi connectivity index (χ1n) is 4.23. The van der Waals surface area contributed by atoms with Gasteiger partial charge in [0.15, 0.2) is 0 Å². The summed E-state index contributed by atoms with van der Waals surface area (Å²) in [7, 11) is 0. The van der Waals surface area contributed by atoms with E-state index in [0.29, 0.717) is 13.2 Å². The summed E-state index contributed by atoms with van der Waals surface area (Å²) < 4.78 is 6.20. The highest BCUT2D eigenvalue weighted by Gasteiger charge is 2.39. The minimum absolute atomic E-state index is 0.441. The first-order valence-corrected chi connectivity index (χ1v) is 5.31. The van der Waals surface area contributed by atoms with Crippen molar-refractivity contribution in [2.75, 3.05) is 13.2 Å². The van der Waals surface area contributed by atoms with Crippen LogP contribution in [0.1, 0.15) is 12.1 Å². The van der Waals surface area contributed by atoms with Gasteiger partial charge in [0.25, 0.3) is 0 Å². The lowest BCUT2D eigenvalue weighted by Gasteiger charge is -2.18. The summed E-state index contributed by atoms with van der Waals surface area (Å²) >= 11 is 2.15. The molecular formula is C9H8IN3O. The highest BCUT2D eigenvalue weighted by molar-refractivity contribution is 14.1. The molecule has 0 radical (unpaired) electrons. The molecule has 2 rings (SSSR count). The second kappa shape index (κ2) is 3.79. The van der Waals surface area contributed by atoms with Crippen LogP contribution in [0.3, 0.4) is 0 Å². The molecule has 1 atom stereocenters. The lowest BCUT2D eigenvalue weighted by atomic mass is 9.85. The Hall–Kier alpha value is -0.740. The monoisotopic (exact) mass is 301 g/mol. The number of ether oxygens (including phenoxy) is 1. The number of nitrogens with zero attached hydrogens (tertiary/aromatic N) is 3. The van der Waals surface area contributed by atoms with Crippen molar-refractivity contribution in [2.45, 2.75) is 11.8 Å². The molecule has 14 heavy (non-hydrogen) atoms. The molecule has 1 aliphatic heterocycles. The summed E-state index contributed by atoms with van der Waals surface area (Å²) in [5.74, 6) is 0. The molecule has 1 saturated heterocycles. The summed E-state index contributed by atoms with van der Waals surface area (Å²) in [6.45, 7) is 1.07. The van der Waals surface area contributed by atoms with Gasteiger partial charge in [-0.05, 0) is 29.0 Å². The molecule has 0 aliphatic carbocycles. The largest absolute Gasteiger partial charge is 0.379 e. The minimum Gasteiger partial charge on any atom is -0.379 e. The van der Waals surface area contributed by atoms with Crippen molar-refractivity contribution in [1.29, 1.82) is 5.26 Å². The highest BCUT2D eigenvalue weighted by atomic mass is 127. The molecule has 0 saturated carbocycles. The van der Waals surface area contributed by atoms with Crippen LogP contribution in [0.15, 0.2) is 12.5 Å². The molecular weight excluding hydrogens is 293 g/mol. The van der Waals surface area contributed by atoms with Crippen LogP contribution in [0.25, 0.3) is 0 Å². The number of aromatic nitrogens is 2. The normalized spacial score (nSPS) is 26.0. The van der Waals surface area contributed by atoms with E-state index in [9.17, 15) is 5.26 Å². The Bertz CT molecular complexity index is 382. The quantitative estimate of drug-likeness (QED) is 0.733. The SMILES string of the molecule is N#CC1(c2ncncc2I)CCOC1. The van der Waals surface area contributed by atoms with Crippen LogP contribution in [0.2, 0.25) is 0 Å². The third-order valence-electron chi connectivity index (χ3n) is 2.36. The Morgan fingerprint density at radius 1 is 1.64 bits per heavy atom. The van der Waals surface area contributed by atoms with Crippen LogP contribution < -0.4 is 0 Å². The van der Waals surface area contributed by atoms with Crippen molar-refractivity contribution in [3.63, 3.8) is 0 Å². The molecule has 2 heterocycles. The molecule has 1 unspecified atom stereocenters. The Balaban J connectivity index is 2.47. The van der Waals surface area contributed by atoms with Gasteiger partial charge >= 0.3 is 0 Å². The number of hydrogen-bond donors (Lipinski definition) is 0. The predicted octanol–water partition coefficient (Wildman–Crippen LogP) is 1.26. The molecule has 1 aliphatic rings. The lowest BCUT2D eigenvalue weighted by Crippen LogP contribution is -2.27. The summed E-state index contributed by atoms with van der Waals surface area (Å²) in [5, 5.41) is 9.20. The van der Waals surface area contributed by atoms with Crippen molar-refractivity contribution < 1.29 is 4.74 Å². The zero-order valence-corrected chi connectivity index (χ0v) is 9.56. The van der Waals surface area contributed by atoms with E-state index in [-0.39, 0.29) is 0 Å². The summed E-state index contributed by atoms with van der Waals surface area (Å²) in [5.41, 5.74) is 0.243. The van der Waals surface area contributed by atoms with Crippen LogP contribution >= 0.6 is 22.6 Å². The second-order valence-electron chi connectivity index (χ2n) is 3.22. The van der Waals surface area contributed by atoms with Gasteiger partial charge in [0.05, 0.1) is 21.9 Å². The molecule has 1 aromatic heterocycles. The maximum absolute atomic E-state index is 9.20. The molecule has 1 fully saturated rings. The molecule has 0 bridgehead atoms. The zero-order valence-electron chi connectivity index (χ0n) is 7.40. The van der Waals surface area contributed by atoms with Gasteiger partial charge in [-0.25, -0.2) is 9.97 Å². The Labute approximate surface area is 95.5 Å². The smallest absolute Gasteiger partial charge is 0.126 e. The van der Waals surface area contributed by atoms with Gasteiger partial charge in [-0.3, -0.25) is 0 Å². The van der Waals surface area contributed by atoms with E-state index in [4.69, 9.17) is 4.74 Å². The van der Waals surface area contributed by atoms with Gasteiger partial charge in [0.2, 0.25) is 0 Å². The summed E-state index contributed by atoms with van der Waals surface area (Å²) in [6, 6.07) is 2.31. The van der Waals surface area contributed by atoms with Gasteiger partial charge in [-0.1, -0.05) is 0 Å². The number of hydrogen-bond acceptors (Lipinski definition) is 4. The van der Waals surface area contributed by atoms with Crippen molar-refractivity contribution >= 4 is 22.6 Å². The Morgan fingerprint density at radius 2 is 2.50 bits per heavy atom. The van der Waals surface area contributed by atoms with Crippen molar-refractivity contribution in [1.82, 2.24) is 9.97 Å². The van der Waals surface area contributed by atoms with Crippen LogP contribution in [0.4, 0.5) is 0 Å². The molecule has 0 spiro atoms.